The Bertz CT molecular complexity index is 222. The molecule has 0 spiro atoms. The van der Waals surface area contributed by atoms with Gasteiger partial charge in [0.15, 0.2) is 0 Å². The number of hydrogen-bond acceptors (Lipinski definition) is 1. The average molecular weight is 166 g/mol. The van der Waals surface area contributed by atoms with Gasteiger partial charge in [-0.3, -0.25) is 4.79 Å². The number of carboxylic acids is 1. The number of rotatable bonds is 4. The predicted octanol–water partition coefficient (Wildman–Crippen LogP) is 2.54. The Morgan fingerprint density at radius 3 is 2.42 bits per heavy atom. The molecular weight excluding hydrogens is 152 g/mol. The second-order valence-corrected chi connectivity index (χ2v) is 2.32. The quantitative estimate of drug-likeness (QED) is 0.651. The summed E-state index contributed by atoms with van der Waals surface area (Å²) in [6, 6.07) is 0. The molecule has 0 aliphatic rings. The molecule has 2 nitrogen and oxygen atoms in total. The molecule has 0 aliphatic carbocycles. The number of hydrogen-bond donors (Lipinski definition) is 1. The van der Waals surface area contributed by atoms with Crippen LogP contribution in [0.3, 0.4) is 0 Å². The molecule has 0 unspecified atom stereocenters. The van der Waals surface area contributed by atoms with Crippen LogP contribution in [-0.2, 0) is 4.79 Å². The van der Waals surface area contributed by atoms with E-state index in [0.29, 0.717) is 0 Å². The molecule has 0 amide bonds. The molecule has 0 aromatic rings. The lowest BCUT2D eigenvalue weighted by atomic mass is 10.1. The maximum atomic E-state index is 10.3. The van der Waals surface area contributed by atoms with Crippen LogP contribution < -0.4 is 0 Å². The van der Waals surface area contributed by atoms with Gasteiger partial charge in [0.25, 0.3) is 0 Å². The summed E-state index contributed by atoms with van der Waals surface area (Å²) in [5, 5.41) is 8.48. The van der Waals surface area contributed by atoms with E-state index in [4.69, 9.17) is 5.11 Å². The van der Waals surface area contributed by atoms with Crippen LogP contribution in [0.15, 0.2) is 36.0 Å². The van der Waals surface area contributed by atoms with Crippen molar-refractivity contribution in [2.45, 2.75) is 20.3 Å². The molecule has 0 heterocycles. The minimum atomic E-state index is -0.798. The van der Waals surface area contributed by atoms with E-state index in [1.165, 1.54) is 0 Å². The normalized spacial score (nSPS) is 13.0. The van der Waals surface area contributed by atoms with E-state index in [-0.39, 0.29) is 6.42 Å². The number of aliphatic carboxylic acids is 1. The predicted molar refractivity (Wildman–Crippen MR) is 50.0 cm³/mol. The van der Waals surface area contributed by atoms with Gasteiger partial charge in [-0.25, -0.2) is 0 Å². The maximum Gasteiger partial charge on any atom is 0.307 e. The van der Waals surface area contributed by atoms with E-state index >= 15 is 0 Å². The first-order valence-electron chi connectivity index (χ1n) is 3.87. The van der Waals surface area contributed by atoms with E-state index in [2.05, 4.69) is 0 Å². The van der Waals surface area contributed by atoms with E-state index in [0.717, 1.165) is 5.57 Å². The van der Waals surface area contributed by atoms with Gasteiger partial charge in [0.1, 0.15) is 0 Å². The monoisotopic (exact) mass is 166 g/mol. The summed E-state index contributed by atoms with van der Waals surface area (Å²) in [5.74, 6) is -0.798. The molecule has 0 aliphatic heterocycles. The Morgan fingerprint density at radius 2 is 2.00 bits per heavy atom. The summed E-state index contributed by atoms with van der Waals surface area (Å²) in [6.07, 6.45) is 9.28. The minimum absolute atomic E-state index is 0.0879. The molecule has 12 heavy (non-hydrogen) atoms. The molecular formula is C10H14O2. The first-order valence-corrected chi connectivity index (χ1v) is 3.87. The van der Waals surface area contributed by atoms with Crippen molar-refractivity contribution >= 4 is 5.97 Å². The third-order valence-corrected chi connectivity index (χ3v) is 1.34. The lowest BCUT2D eigenvalue weighted by Gasteiger charge is -1.93. The molecule has 0 bridgehead atoms. The van der Waals surface area contributed by atoms with Crippen LogP contribution in [0.1, 0.15) is 20.3 Å². The van der Waals surface area contributed by atoms with Crippen molar-refractivity contribution in [1.82, 2.24) is 0 Å². The molecule has 0 saturated carbocycles. The van der Waals surface area contributed by atoms with Crippen molar-refractivity contribution in [2.24, 2.45) is 0 Å². The van der Waals surface area contributed by atoms with Crippen LogP contribution in [0.4, 0.5) is 0 Å². The van der Waals surface area contributed by atoms with Gasteiger partial charge in [-0.1, -0.05) is 30.4 Å². The number of allylic oxidation sites excluding steroid dienone is 5. The van der Waals surface area contributed by atoms with Gasteiger partial charge in [0, 0.05) is 0 Å². The third-order valence-electron chi connectivity index (χ3n) is 1.34. The summed E-state index contributed by atoms with van der Waals surface area (Å²) in [6.45, 7) is 3.75. The van der Waals surface area contributed by atoms with Gasteiger partial charge < -0.3 is 5.11 Å². The van der Waals surface area contributed by atoms with Crippen LogP contribution >= 0.6 is 0 Å². The van der Waals surface area contributed by atoms with Gasteiger partial charge in [0.05, 0.1) is 6.42 Å². The summed E-state index contributed by atoms with van der Waals surface area (Å²) in [5.41, 5.74) is 0.820. The first kappa shape index (κ1) is 10.7. The van der Waals surface area contributed by atoms with E-state index in [1.807, 2.05) is 32.1 Å². The van der Waals surface area contributed by atoms with Gasteiger partial charge >= 0.3 is 5.97 Å². The van der Waals surface area contributed by atoms with E-state index < -0.39 is 5.97 Å². The zero-order valence-corrected chi connectivity index (χ0v) is 7.45. The Labute approximate surface area is 72.9 Å². The first-order chi connectivity index (χ1) is 5.70. The molecule has 0 atom stereocenters. The zero-order chi connectivity index (χ0) is 9.40. The van der Waals surface area contributed by atoms with Gasteiger partial charge in [0.2, 0.25) is 0 Å². The Kier molecular flexibility index (Phi) is 5.70. The van der Waals surface area contributed by atoms with Crippen LogP contribution in [0, 0.1) is 0 Å². The number of carbonyl (C=O) groups is 1. The summed E-state index contributed by atoms with van der Waals surface area (Å²) < 4.78 is 0. The van der Waals surface area contributed by atoms with Crippen molar-refractivity contribution in [1.29, 1.82) is 0 Å². The Balaban J connectivity index is 4.10. The average Bonchev–Trinajstić information content (AvgIpc) is 2.02. The second kappa shape index (κ2) is 6.40. The molecule has 0 rings (SSSR count). The maximum absolute atomic E-state index is 10.3. The molecule has 0 aromatic heterocycles. The highest BCUT2D eigenvalue weighted by Gasteiger charge is 1.97. The Hall–Kier alpha value is -1.31. The fraction of sp³-hybridized carbons (Fsp3) is 0.300. The SMILES string of the molecule is CC=CC=CC(=CC)CC(=O)O. The standard InChI is InChI=1S/C10H14O2/c1-3-5-6-7-9(4-2)8-10(11)12/h3-7H,8H2,1-2H3,(H,11,12). The highest BCUT2D eigenvalue weighted by atomic mass is 16.4. The largest absolute Gasteiger partial charge is 0.481 e. The van der Waals surface area contributed by atoms with Gasteiger partial charge in [-0.05, 0) is 19.4 Å². The van der Waals surface area contributed by atoms with E-state index in [9.17, 15) is 4.79 Å². The smallest absolute Gasteiger partial charge is 0.307 e. The topological polar surface area (TPSA) is 37.3 Å². The molecule has 66 valence electrons. The van der Waals surface area contributed by atoms with Crippen molar-refractivity contribution in [3.05, 3.63) is 36.0 Å². The van der Waals surface area contributed by atoms with Crippen LogP contribution in [0.5, 0.6) is 0 Å². The van der Waals surface area contributed by atoms with Crippen LogP contribution in [-0.4, -0.2) is 11.1 Å². The lowest BCUT2D eigenvalue weighted by Crippen LogP contribution is -1.94. The van der Waals surface area contributed by atoms with Crippen molar-refractivity contribution in [3.8, 4) is 0 Å². The fourth-order valence-electron chi connectivity index (χ4n) is 0.722. The molecule has 1 N–H and O–H groups in total. The minimum Gasteiger partial charge on any atom is -0.481 e. The number of carboxylic acid groups (broad SMARTS) is 1. The van der Waals surface area contributed by atoms with E-state index in [1.54, 1.807) is 12.2 Å². The molecule has 0 saturated heterocycles. The Morgan fingerprint density at radius 1 is 1.33 bits per heavy atom. The van der Waals surface area contributed by atoms with Crippen LogP contribution in [0.25, 0.3) is 0 Å². The highest BCUT2D eigenvalue weighted by molar-refractivity contribution is 5.70. The van der Waals surface area contributed by atoms with Crippen molar-refractivity contribution < 1.29 is 9.90 Å². The fourth-order valence-corrected chi connectivity index (χ4v) is 0.722. The molecule has 0 fully saturated rings. The third kappa shape index (κ3) is 5.47. The van der Waals surface area contributed by atoms with Gasteiger partial charge in [-0.15, -0.1) is 0 Å². The van der Waals surface area contributed by atoms with Crippen molar-refractivity contribution in [2.75, 3.05) is 0 Å². The summed E-state index contributed by atoms with van der Waals surface area (Å²) >= 11 is 0. The molecule has 2 heteroatoms. The molecule has 0 aromatic carbocycles. The highest BCUT2D eigenvalue weighted by Crippen LogP contribution is 2.02. The van der Waals surface area contributed by atoms with Crippen molar-refractivity contribution in [3.63, 3.8) is 0 Å². The summed E-state index contributed by atoms with van der Waals surface area (Å²) in [7, 11) is 0. The summed E-state index contributed by atoms with van der Waals surface area (Å²) in [4.78, 5) is 10.3. The lowest BCUT2D eigenvalue weighted by molar-refractivity contribution is -0.136. The zero-order valence-electron chi connectivity index (χ0n) is 7.45. The second-order valence-electron chi connectivity index (χ2n) is 2.32. The van der Waals surface area contributed by atoms with Gasteiger partial charge in [-0.2, -0.15) is 0 Å². The van der Waals surface area contributed by atoms with Crippen LogP contribution in [0.2, 0.25) is 0 Å². The molecule has 0 radical (unpaired) electrons.